The Morgan fingerprint density at radius 2 is 1.72 bits per heavy atom. The molecule has 0 bridgehead atoms. The summed E-state index contributed by atoms with van der Waals surface area (Å²) in [6, 6.07) is 16.8. The summed E-state index contributed by atoms with van der Waals surface area (Å²) in [5.74, 6) is 0.888. The molecule has 2 aromatic carbocycles. The van der Waals surface area contributed by atoms with Crippen molar-refractivity contribution in [1.29, 1.82) is 0 Å². The predicted molar refractivity (Wildman–Crippen MR) is 108 cm³/mol. The SMILES string of the molecule is COc1ccc(CN2CCN(CC=Cc3ccccc3)CC2)cc1Br. The van der Waals surface area contributed by atoms with Gasteiger partial charge in [-0.3, -0.25) is 9.80 Å². The Morgan fingerprint density at radius 3 is 2.40 bits per heavy atom. The molecule has 1 fully saturated rings. The Labute approximate surface area is 159 Å². The van der Waals surface area contributed by atoms with Crippen molar-refractivity contribution >= 4 is 22.0 Å². The third-order valence-corrected chi connectivity index (χ3v) is 5.18. The zero-order valence-corrected chi connectivity index (χ0v) is 16.3. The Bertz CT molecular complexity index is 694. The van der Waals surface area contributed by atoms with Gasteiger partial charge in [0.1, 0.15) is 5.75 Å². The van der Waals surface area contributed by atoms with Gasteiger partial charge in [-0.15, -0.1) is 0 Å². The molecule has 25 heavy (non-hydrogen) atoms. The molecule has 4 heteroatoms. The molecule has 1 saturated heterocycles. The fraction of sp³-hybridized carbons (Fsp3) is 0.333. The van der Waals surface area contributed by atoms with Gasteiger partial charge in [0.25, 0.3) is 0 Å². The lowest BCUT2D eigenvalue weighted by atomic mass is 10.2. The highest BCUT2D eigenvalue weighted by atomic mass is 79.9. The van der Waals surface area contributed by atoms with Crippen molar-refractivity contribution in [2.45, 2.75) is 6.54 Å². The Kier molecular flexibility index (Phi) is 6.68. The van der Waals surface area contributed by atoms with Crippen LogP contribution in [0.25, 0.3) is 6.08 Å². The van der Waals surface area contributed by atoms with Gasteiger partial charge in [-0.1, -0.05) is 48.6 Å². The molecule has 1 aliphatic heterocycles. The van der Waals surface area contributed by atoms with E-state index in [1.807, 2.05) is 6.07 Å². The van der Waals surface area contributed by atoms with Gasteiger partial charge in [0.2, 0.25) is 0 Å². The maximum Gasteiger partial charge on any atom is 0.133 e. The van der Waals surface area contributed by atoms with Crippen molar-refractivity contribution in [3.8, 4) is 5.75 Å². The van der Waals surface area contributed by atoms with Crippen LogP contribution in [0.5, 0.6) is 5.75 Å². The van der Waals surface area contributed by atoms with Crippen LogP contribution in [0.1, 0.15) is 11.1 Å². The van der Waals surface area contributed by atoms with Gasteiger partial charge in [-0.2, -0.15) is 0 Å². The van der Waals surface area contributed by atoms with E-state index in [9.17, 15) is 0 Å². The summed E-state index contributed by atoms with van der Waals surface area (Å²) in [4.78, 5) is 5.03. The normalized spacial score (nSPS) is 16.4. The average Bonchev–Trinajstić information content (AvgIpc) is 2.64. The van der Waals surface area contributed by atoms with Crippen LogP contribution in [0.2, 0.25) is 0 Å². The van der Waals surface area contributed by atoms with Crippen LogP contribution in [-0.4, -0.2) is 49.6 Å². The van der Waals surface area contributed by atoms with E-state index < -0.39 is 0 Å². The van der Waals surface area contributed by atoms with E-state index in [1.165, 1.54) is 11.1 Å². The first-order valence-corrected chi connectivity index (χ1v) is 9.52. The van der Waals surface area contributed by atoms with E-state index in [0.29, 0.717) is 0 Å². The molecule has 0 radical (unpaired) electrons. The topological polar surface area (TPSA) is 15.7 Å². The van der Waals surface area contributed by atoms with E-state index in [-0.39, 0.29) is 0 Å². The second-order valence-electron chi connectivity index (χ2n) is 6.36. The number of ether oxygens (including phenoxy) is 1. The zero-order chi connectivity index (χ0) is 17.5. The molecule has 0 unspecified atom stereocenters. The predicted octanol–water partition coefficient (Wildman–Crippen LogP) is 4.29. The largest absolute Gasteiger partial charge is 0.496 e. The van der Waals surface area contributed by atoms with Crippen molar-refractivity contribution in [3.05, 3.63) is 70.2 Å². The average molecular weight is 401 g/mol. The lowest BCUT2D eigenvalue weighted by Gasteiger charge is -2.34. The van der Waals surface area contributed by atoms with Crippen LogP contribution in [0, 0.1) is 0 Å². The van der Waals surface area contributed by atoms with Crippen LogP contribution in [0.3, 0.4) is 0 Å². The van der Waals surface area contributed by atoms with Gasteiger partial charge in [0.05, 0.1) is 11.6 Å². The number of hydrogen-bond acceptors (Lipinski definition) is 3. The molecule has 1 heterocycles. The fourth-order valence-electron chi connectivity index (χ4n) is 3.10. The molecule has 1 aliphatic rings. The van der Waals surface area contributed by atoms with Gasteiger partial charge in [-0.05, 0) is 39.2 Å². The second-order valence-corrected chi connectivity index (χ2v) is 7.21. The van der Waals surface area contributed by atoms with Crippen molar-refractivity contribution in [2.24, 2.45) is 0 Å². The van der Waals surface area contributed by atoms with Gasteiger partial charge in [0.15, 0.2) is 0 Å². The van der Waals surface area contributed by atoms with Crippen molar-refractivity contribution in [2.75, 3.05) is 39.8 Å². The first-order valence-electron chi connectivity index (χ1n) is 8.73. The smallest absolute Gasteiger partial charge is 0.133 e. The summed E-state index contributed by atoms with van der Waals surface area (Å²) in [5, 5.41) is 0. The second kappa shape index (κ2) is 9.18. The van der Waals surface area contributed by atoms with Gasteiger partial charge < -0.3 is 4.74 Å². The highest BCUT2D eigenvalue weighted by molar-refractivity contribution is 9.10. The zero-order valence-electron chi connectivity index (χ0n) is 14.7. The molecule has 132 valence electrons. The molecular formula is C21H25BrN2O. The number of benzene rings is 2. The lowest BCUT2D eigenvalue weighted by molar-refractivity contribution is 0.137. The summed E-state index contributed by atoms with van der Waals surface area (Å²) in [6.07, 6.45) is 4.48. The van der Waals surface area contributed by atoms with E-state index in [2.05, 4.69) is 80.3 Å². The molecule has 2 aromatic rings. The van der Waals surface area contributed by atoms with Crippen molar-refractivity contribution in [3.63, 3.8) is 0 Å². The Hall–Kier alpha value is -1.62. The molecular weight excluding hydrogens is 376 g/mol. The molecule has 0 aliphatic carbocycles. The summed E-state index contributed by atoms with van der Waals surface area (Å²) in [7, 11) is 1.70. The van der Waals surface area contributed by atoms with Crippen LogP contribution < -0.4 is 4.74 Å². The fourth-order valence-corrected chi connectivity index (χ4v) is 3.69. The van der Waals surface area contributed by atoms with Crippen molar-refractivity contribution < 1.29 is 4.74 Å². The quantitative estimate of drug-likeness (QED) is 0.718. The first kappa shape index (κ1) is 18.2. The first-order chi connectivity index (χ1) is 12.2. The molecule has 3 rings (SSSR count). The highest BCUT2D eigenvalue weighted by Crippen LogP contribution is 2.26. The molecule has 3 nitrogen and oxygen atoms in total. The Morgan fingerprint density at radius 1 is 1.00 bits per heavy atom. The minimum absolute atomic E-state index is 0.888. The van der Waals surface area contributed by atoms with E-state index >= 15 is 0 Å². The summed E-state index contributed by atoms with van der Waals surface area (Å²) < 4.78 is 6.33. The van der Waals surface area contributed by atoms with Gasteiger partial charge >= 0.3 is 0 Å². The number of nitrogens with zero attached hydrogens (tertiary/aromatic N) is 2. The van der Waals surface area contributed by atoms with Crippen molar-refractivity contribution in [1.82, 2.24) is 9.80 Å². The minimum Gasteiger partial charge on any atom is -0.496 e. The maximum atomic E-state index is 5.30. The minimum atomic E-state index is 0.888. The van der Waals surface area contributed by atoms with Crippen LogP contribution in [-0.2, 0) is 6.54 Å². The van der Waals surface area contributed by atoms with Crippen LogP contribution in [0.15, 0.2) is 59.1 Å². The molecule has 0 amide bonds. The summed E-state index contributed by atoms with van der Waals surface area (Å²) in [6.45, 7) is 6.49. The molecule has 0 N–H and O–H groups in total. The third-order valence-electron chi connectivity index (χ3n) is 4.56. The monoisotopic (exact) mass is 400 g/mol. The standard InChI is InChI=1S/C21H25BrN2O/c1-25-21-10-9-19(16-20(21)22)17-24-14-12-23(13-15-24)11-5-8-18-6-3-2-4-7-18/h2-10,16H,11-15,17H2,1H3. The summed E-state index contributed by atoms with van der Waals surface area (Å²) >= 11 is 3.57. The maximum absolute atomic E-state index is 5.30. The van der Waals surface area contributed by atoms with Crippen LogP contribution in [0.4, 0.5) is 0 Å². The highest BCUT2D eigenvalue weighted by Gasteiger charge is 2.16. The third kappa shape index (κ3) is 5.43. The number of halogens is 1. The number of piperazine rings is 1. The molecule has 0 spiro atoms. The van der Waals surface area contributed by atoms with E-state index in [1.54, 1.807) is 7.11 Å². The Balaban J connectivity index is 1.44. The van der Waals surface area contributed by atoms with Gasteiger partial charge in [-0.25, -0.2) is 0 Å². The number of methoxy groups -OCH3 is 1. The molecule has 0 aromatic heterocycles. The van der Waals surface area contributed by atoms with Gasteiger partial charge in [0, 0.05) is 39.3 Å². The number of rotatable bonds is 6. The van der Waals surface area contributed by atoms with E-state index in [0.717, 1.165) is 49.5 Å². The summed E-state index contributed by atoms with van der Waals surface area (Å²) in [5.41, 5.74) is 2.59. The molecule has 0 atom stereocenters. The molecule has 0 saturated carbocycles. The lowest BCUT2D eigenvalue weighted by Crippen LogP contribution is -2.45. The van der Waals surface area contributed by atoms with E-state index in [4.69, 9.17) is 4.74 Å². The number of hydrogen-bond donors (Lipinski definition) is 0. The van der Waals surface area contributed by atoms with Crippen LogP contribution >= 0.6 is 15.9 Å².